The highest BCUT2D eigenvalue weighted by Crippen LogP contribution is 2.36. The monoisotopic (exact) mass is 642 g/mol. The highest BCUT2D eigenvalue weighted by atomic mass is 32.1. The molecule has 1 unspecified atom stereocenters. The molecule has 0 spiro atoms. The topological polar surface area (TPSA) is 102 Å². The van der Waals surface area contributed by atoms with Gasteiger partial charge >= 0.3 is 6.01 Å². The van der Waals surface area contributed by atoms with Gasteiger partial charge in [-0.05, 0) is 75.4 Å². The van der Waals surface area contributed by atoms with E-state index in [1.165, 1.54) is 34.0 Å². The number of nitrogens with zero attached hydrogens (tertiary/aromatic N) is 6. The Morgan fingerprint density at radius 1 is 1.11 bits per heavy atom. The van der Waals surface area contributed by atoms with Crippen molar-refractivity contribution in [3.63, 3.8) is 0 Å². The molecule has 2 saturated heterocycles. The van der Waals surface area contributed by atoms with Crippen LogP contribution in [0.1, 0.15) is 42.5 Å². The number of aryl methyl sites for hydroxylation is 1. The molecule has 0 radical (unpaired) electrons. The number of nitrogens with one attached hydrogen (secondary N) is 2. The number of piperidine rings is 1. The maximum atomic E-state index is 9.75. The molecule has 3 aliphatic heterocycles. The summed E-state index contributed by atoms with van der Waals surface area (Å²) in [4.78, 5) is 17.3. The van der Waals surface area contributed by atoms with Gasteiger partial charge in [0, 0.05) is 74.3 Å². The summed E-state index contributed by atoms with van der Waals surface area (Å²) in [5.41, 5.74) is 4.74. The van der Waals surface area contributed by atoms with Gasteiger partial charge in [-0.2, -0.15) is 15.2 Å². The van der Waals surface area contributed by atoms with Crippen molar-refractivity contribution < 1.29 is 9.47 Å². The minimum absolute atomic E-state index is 0.0989. The van der Waals surface area contributed by atoms with E-state index >= 15 is 0 Å². The third-order valence-electron chi connectivity index (χ3n) is 9.83. The first-order valence-electron chi connectivity index (χ1n) is 16.6. The Kier molecular flexibility index (Phi) is 10.4. The second kappa shape index (κ2) is 14.8. The molecule has 2 N–H and O–H groups in total. The van der Waals surface area contributed by atoms with Gasteiger partial charge in [0.25, 0.3) is 0 Å². The van der Waals surface area contributed by atoms with Crippen LogP contribution in [0.4, 0.5) is 11.5 Å². The van der Waals surface area contributed by atoms with Gasteiger partial charge in [0.05, 0.1) is 24.9 Å². The fourth-order valence-electron chi connectivity index (χ4n) is 7.27. The van der Waals surface area contributed by atoms with Crippen LogP contribution in [0.15, 0.2) is 36.4 Å². The lowest BCUT2D eigenvalue weighted by Gasteiger charge is -2.41. The number of hydrogen-bond donors (Lipinski definition) is 2. The molecule has 6 rings (SSSR count). The van der Waals surface area contributed by atoms with Gasteiger partial charge in [-0.3, -0.25) is 0 Å². The smallest absolute Gasteiger partial charge is 0.318 e. The molecule has 244 valence electrons. The summed E-state index contributed by atoms with van der Waals surface area (Å²) in [6.45, 7) is 8.19. The number of aromatic nitrogens is 2. The molecule has 0 amide bonds. The molecule has 3 atom stereocenters. The molecular formula is C35H46N8O2S. The minimum Gasteiger partial charge on any atom is -0.462 e. The summed E-state index contributed by atoms with van der Waals surface area (Å²) in [6.07, 6.45) is 4.44. The van der Waals surface area contributed by atoms with Gasteiger partial charge in [-0.1, -0.05) is 30.3 Å². The quantitative estimate of drug-likeness (QED) is 0.246. The summed E-state index contributed by atoms with van der Waals surface area (Å²) >= 11 is 5.56. The van der Waals surface area contributed by atoms with E-state index in [-0.39, 0.29) is 12.0 Å². The Morgan fingerprint density at radius 2 is 1.96 bits per heavy atom. The molecule has 10 nitrogen and oxygen atoms in total. The maximum Gasteiger partial charge on any atom is 0.318 e. The SMILES string of the molecule is COCCNC(=S)N[C@@H]1CCN(c2nc(OCC3CCCN3C)nc3c2CCN(c2cccc4cccc(C)c24)C3)C[C@@H]1CC#N. The zero-order valence-electron chi connectivity index (χ0n) is 27.3. The maximum absolute atomic E-state index is 9.75. The van der Waals surface area contributed by atoms with Crippen molar-refractivity contribution >= 4 is 39.6 Å². The third-order valence-corrected chi connectivity index (χ3v) is 10.1. The van der Waals surface area contributed by atoms with Gasteiger partial charge in [0.2, 0.25) is 0 Å². The number of hydrogen-bond acceptors (Lipinski definition) is 9. The Balaban J connectivity index is 1.27. The number of likely N-dealkylation sites (tertiary alicyclic amines) is 1. The molecule has 11 heteroatoms. The van der Waals surface area contributed by atoms with Crippen LogP contribution in [0.5, 0.6) is 6.01 Å². The van der Waals surface area contributed by atoms with Crippen molar-refractivity contribution in [1.29, 1.82) is 5.26 Å². The number of methoxy groups -OCH3 is 1. The molecular weight excluding hydrogens is 597 g/mol. The number of thiocarbonyl (C=S) groups is 1. The zero-order chi connectivity index (χ0) is 32.0. The van der Waals surface area contributed by atoms with E-state index in [1.807, 2.05) is 0 Å². The zero-order valence-corrected chi connectivity index (χ0v) is 28.1. The minimum atomic E-state index is 0.0989. The van der Waals surface area contributed by atoms with Crippen LogP contribution in [0, 0.1) is 24.2 Å². The molecule has 0 bridgehead atoms. The Labute approximate surface area is 278 Å². The lowest BCUT2D eigenvalue weighted by atomic mass is 9.89. The van der Waals surface area contributed by atoms with Crippen molar-refractivity contribution in [2.75, 3.05) is 69.9 Å². The van der Waals surface area contributed by atoms with Crippen LogP contribution in [0.3, 0.4) is 0 Å². The number of nitriles is 1. The average molecular weight is 643 g/mol. The van der Waals surface area contributed by atoms with Crippen molar-refractivity contribution in [3.8, 4) is 12.1 Å². The van der Waals surface area contributed by atoms with Crippen LogP contribution in [-0.4, -0.2) is 92.2 Å². The molecule has 1 aromatic heterocycles. The second-order valence-electron chi connectivity index (χ2n) is 12.8. The molecule has 3 aliphatic rings. The van der Waals surface area contributed by atoms with Crippen molar-refractivity contribution in [2.45, 2.75) is 57.7 Å². The van der Waals surface area contributed by atoms with Crippen molar-refractivity contribution in [2.24, 2.45) is 5.92 Å². The normalized spacial score (nSPS) is 21.6. The Hall–Kier alpha value is -3.72. The summed E-state index contributed by atoms with van der Waals surface area (Å²) < 4.78 is 11.5. The highest BCUT2D eigenvalue weighted by molar-refractivity contribution is 7.80. The lowest BCUT2D eigenvalue weighted by Crippen LogP contribution is -2.53. The average Bonchev–Trinajstić information content (AvgIpc) is 3.48. The molecule has 2 fully saturated rings. The molecule has 4 heterocycles. The first-order chi connectivity index (χ1) is 22.4. The lowest BCUT2D eigenvalue weighted by molar-refractivity contribution is 0.187. The number of rotatable bonds is 10. The largest absolute Gasteiger partial charge is 0.462 e. The summed E-state index contributed by atoms with van der Waals surface area (Å²) in [6, 6.07) is 16.4. The summed E-state index contributed by atoms with van der Waals surface area (Å²) in [7, 11) is 3.84. The number of fused-ring (bicyclic) bond motifs is 2. The van der Waals surface area contributed by atoms with Gasteiger partial charge in [0.1, 0.15) is 12.4 Å². The second-order valence-corrected chi connectivity index (χ2v) is 13.2. The van der Waals surface area contributed by atoms with Gasteiger partial charge in [-0.15, -0.1) is 0 Å². The van der Waals surface area contributed by atoms with Crippen LogP contribution in [0.25, 0.3) is 10.8 Å². The summed E-state index contributed by atoms with van der Waals surface area (Å²) in [5, 5.41) is 19.6. The van der Waals surface area contributed by atoms with E-state index < -0.39 is 0 Å². The predicted molar refractivity (Wildman–Crippen MR) is 187 cm³/mol. The van der Waals surface area contributed by atoms with Crippen LogP contribution in [0.2, 0.25) is 0 Å². The number of benzene rings is 2. The predicted octanol–water partition coefficient (Wildman–Crippen LogP) is 4.19. The van der Waals surface area contributed by atoms with E-state index in [4.69, 9.17) is 31.7 Å². The van der Waals surface area contributed by atoms with E-state index in [2.05, 4.69) is 81.8 Å². The van der Waals surface area contributed by atoms with E-state index in [0.29, 0.717) is 56.4 Å². The molecule has 2 aromatic carbocycles. The molecule has 0 aliphatic carbocycles. The van der Waals surface area contributed by atoms with Gasteiger partial charge in [0.15, 0.2) is 5.11 Å². The standard InChI is InChI=1S/C35H46N8O2S/c1-24-7-4-8-25-9-5-11-31(32(24)25)42-18-13-28-30(22-42)38-34(45-23-27-10-6-17-41(27)2)40-33(28)43-19-14-29(26(21-43)12-15-36)39-35(46)37-16-20-44-3/h4-5,7-9,11,26-27,29H,6,10,12-14,16-23H2,1-3H3,(H2,37,39,46)/t26-,27?,29+/m0/s1. The third kappa shape index (κ3) is 7.14. The number of anilines is 2. The number of ether oxygens (including phenoxy) is 2. The van der Waals surface area contributed by atoms with Crippen LogP contribution < -0.4 is 25.2 Å². The fraction of sp³-hybridized carbons (Fsp3) is 0.543. The molecule has 3 aromatic rings. The van der Waals surface area contributed by atoms with Gasteiger partial charge < -0.3 is 34.8 Å². The Bertz CT molecular complexity index is 1570. The van der Waals surface area contributed by atoms with Crippen molar-refractivity contribution in [1.82, 2.24) is 25.5 Å². The Morgan fingerprint density at radius 3 is 2.74 bits per heavy atom. The first kappa shape index (κ1) is 32.2. The highest BCUT2D eigenvalue weighted by Gasteiger charge is 2.34. The van der Waals surface area contributed by atoms with Crippen molar-refractivity contribution in [3.05, 3.63) is 53.2 Å². The van der Waals surface area contributed by atoms with Crippen LogP contribution in [-0.2, 0) is 17.7 Å². The van der Waals surface area contributed by atoms with Gasteiger partial charge in [-0.25, -0.2) is 0 Å². The van der Waals surface area contributed by atoms with Crippen LogP contribution >= 0.6 is 12.2 Å². The summed E-state index contributed by atoms with van der Waals surface area (Å²) in [5.74, 6) is 1.05. The first-order valence-corrected chi connectivity index (χ1v) is 17.0. The molecule has 0 saturated carbocycles. The van der Waals surface area contributed by atoms with E-state index in [0.717, 1.165) is 50.4 Å². The van der Waals surface area contributed by atoms with E-state index in [9.17, 15) is 5.26 Å². The molecule has 46 heavy (non-hydrogen) atoms. The number of likely N-dealkylation sites (N-methyl/N-ethyl adjacent to an activating group) is 1. The fourth-order valence-corrected chi connectivity index (χ4v) is 7.53. The van der Waals surface area contributed by atoms with E-state index in [1.54, 1.807) is 7.11 Å².